The maximum Gasteiger partial charge on any atom is 0.279 e. The molecule has 0 aromatic heterocycles. The molecule has 5 nitrogen and oxygen atoms in total. The highest BCUT2D eigenvalue weighted by Crippen LogP contribution is 2.48. The Morgan fingerprint density at radius 1 is 1.31 bits per heavy atom. The molecule has 1 aliphatic carbocycles. The van der Waals surface area contributed by atoms with E-state index in [1.165, 1.54) is 4.31 Å². The Morgan fingerprint density at radius 2 is 1.88 bits per heavy atom. The second-order valence-electron chi connectivity index (χ2n) is 4.38. The Bertz CT molecular complexity index is 308. The van der Waals surface area contributed by atoms with E-state index in [4.69, 9.17) is 5.11 Å². The van der Waals surface area contributed by atoms with Crippen LogP contribution in [0.25, 0.3) is 0 Å². The first-order chi connectivity index (χ1) is 7.49. The summed E-state index contributed by atoms with van der Waals surface area (Å²) in [5.74, 6) is 0. The number of nitrogens with zero attached hydrogens (tertiary/aromatic N) is 1. The van der Waals surface area contributed by atoms with Crippen molar-refractivity contribution in [2.24, 2.45) is 5.41 Å². The van der Waals surface area contributed by atoms with Gasteiger partial charge in [-0.3, -0.25) is 0 Å². The summed E-state index contributed by atoms with van der Waals surface area (Å²) < 4.78 is 27.7. The molecule has 1 saturated carbocycles. The zero-order valence-corrected chi connectivity index (χ0v) is 10.9. The van der Waals surface area contributed by atoms with Crippen LogP contribution in [0.3, 0.4) is 0 Å². The summed E-state index contributed by atoms with van der Waals surface area (Å²) in [7, 11) is -3.33. The summed E-state index contributed by atoms with van der Waals surface area (Å²) in [6.07, 6.45) is 2.70. The van der Waals surface area contributed by atoms with Gasteiger partial charge in [-0.1, -0.05) is 13.8 Å². The topological polar surface area (TPSA) is 69.6 Å². The first kappa shape index (κ1) is 13.9. The van der Waals surface area contributed by atoms with E-state index >= 15 is 0 Å². The first-order valence-corrected chi connectivity index (χ1v) is 7.29. The zero-order chi connectivity index (χ0) is 12.2. The SMILES string of the molecule is CCN(CC)S(=O)(=O)NCC1(CCO)CC1. The van der Waals surface area contributed by atoms with Crippen LogP contribution in [-0.2, 0) is 10.2 Å². The quantitative estimate of drug-likeness (QED) is 0.652. The molecule has 0 radical (unpaired) electrons. The van der Waals surface area contributed by atoms with Crippen LogP contribution in [0.5, 0.6) is 0 Å². The molecular formula is C10H22N2O3S. The van der Waals surface area contributed by atoms with Gasteiger partial charge >= 0.3 is 0 Å². The molecule has 0 heterocycles. The average Bonchev–Trinajstić information content (AvgIpc) is 2.98. The Morgan fingerprint density at radius 3 is 2.25 bits per heavy atom. The predicted molar refractivity (Wildman–Crippen MR) is 63.2 cm³/mol. The van der Waals surface area contributed by atoms with Crippen LogP contribution >= 0.6 is 0 Å². The van der Waals surface area contributed by atoms with Gasteiger partial charge in [0.1, 0.15) is 0 Å². The molecule has 0 bridgehead atoms. The van der Waals surface area contributed by atoms with Crippen LogP contribution < -0.4 is 4.72 Å². The third-order valence-electron chi connectivity index (χ3n) is 3.27. The van der Waals surface area contributed by atoms with Gasteiger partial charge in [-0.15, -0.1) is 0 Å². The fraction of sp³-hybridized carbons (Fsp3) is 1.00. The van der Waals surface area contributed by atoms with Crippen molar-refractivity contribution in [3.8, 4) is 0 Å². The van der Waals surface area contributed by atoms with Crippen LogP contribution in [0.2, 0.25) is 0 Å². The Labute approximate surface area is 98.0 Å². The van der Waals surface area contributed by atoms with Gasteiger partial charge in [0, 0.05) is 26.2 Å². The summed E-state index contributed by atoms with van der Waals surface area (Å²) in [6.45, 7) is 5.20. The van der Waals surface area contributed by atoms with Gasteiger partial charge < -0.3 is 5.11 Å². The van der Waals surface area contributed by atoms with Gasteiger partial charge in [0.2, 0.25) is 0 Å². The van der Waals surface area contributed by atoms with E-state index in [0.29, 0.717) is 26.1 Å². The Kier molecular flexibility index (Phi) is 4.73. The Hall–Kier alpha value is -0.170. The average molecular weight is 250 g/mol. The lowest BCUT2D eigenvalue weighted by Gasteiger charge is -2.21. The van der Waals surface area contributed by atoms with Crippen LogP contribution in [0.1, 0.15) is 33.1 Å². The molecule has 96 valence electrons. The van der Waals surface area contributed by atoms with Crippen molar-refractivity contribution in [3.05, 3.63) is 0 Å². The monoisotopic (exact) mass is 250 g/mol. The van der Waals surface area contributed by atoms with Crippen molar-refractivity contribution in [1.29, 1.82) is 0 Å². The second-order valence-corrected chi connectivity index (χ2v) is 6.14. The van der Waals surface area contributed by atoms with E-state index in [-0.39, 0.29) is 12.0 Å². The highest BCUT2D eigenvalue weighted by atomic mass is 32.2. The minimum Gasteiger partial charge on any atom is -0.396 e. The van der Waals surface area contributed by atoms with Gasteiger partial charge in [0.05, 0.1) is 0 Å². The molecule has 0 aromatic rings. The molecule has 0 aromatic carbocycles. The molecule has 0 saturated heterocycles. The predicted octanol–water partition coefficient (Wildman–Crippen LogP) is 0.325. The summed E-state index contributed by atoms with van der Waals surface area (Å²) in [4.78, 5) is 0. The minimum absolute atomic E-state index is 0.0228. The van der Waals surface area contributed by atoms with Crippen LogP contribution in [0.4, 0.5) is 0 Å². The standard InChI is InChI=1S/C10H22N2O3S/c1-3-12(4-2)16(14,15)11-9-10(5-6-10)7-8-13/h11,13H,3-9H2,1-2H3. The molecule has 0 spiro atoms. The normalized spacial score (nSPS) is 19.0. The van der Waals surface area contributed by atoms with Gasteiger partial charge in [-0.2, -0.15) is 12.7 Å². The molecule has 1 aliphatic rings. The van der Waals surface area contributed by atoms with Gasteiger partial charge in [0.15, 0.2) is 0 Å². The number of hydrogen-bond acceptors (Lipinski definition) is 3. The molecule has 0 aliphatic heterocycles. The molecule has 1 fully saturated rings. The maximum absolute atomic E-state index is 11.8. The molecule has 1 rings (SSSR count). The van der Waals surface area contributed by atoms with Gasteiger partial charge in [0.25, 0.3) is 10.2 Å². The van der Waals surface area contributed by atoms with E-state index < -0.39 is 10.2 Å². The van der Waals surface area contributed by atoms with Crippen molar-refractivity contribution in [3.63, 3.8) is 0 Å². The second kappa shape index (κ2) is 5.44. The lowest BCUT2D eigenvalue weighted by molar-refractivity contribution is 0.248. The smallest absolute Gasteiger partial charge is 0.279 e. The maximum atomic E-state index is 11.8. The molecule has 2 N–H and O–H groups in total. The molecule has 16 heavy (non-hydrogen) atoms. The van der Waals surface area contributed by atoms with E-state index in [0.717, 1.165) is 12.8 Å². The van der Waals surface area contributed by atoms with Crippen molar-refractivity contribution in [2.45, 2.75) is 33.1 Å². The Balaban J connectivity index is 2.48. The number of aliphatic hydroxyl groups excluding tert-OH is 1. The third kappa shape index (κ3) is 3.41. The summed E-state index contributed by atoms with van der Waals surface area (Å²) in [5, 5.41) is 8.89. The lowest BCUT2D eigenvalue weighted by Crippen LogP contribution is -2.42. The van der Waals surface area contributed by atoms with Crippen molar-refractivity contribution in [2.75, 3.05) is 26.2 Å². The van der Waals surface area contributed by atoms with E-state index in [2.05, 4.69) is 4.72 Å². The number of hydrogen-bond donors (Lipinski definition) is 2. The fourth-order valence-electron chi connectivity index (χ4n) is 1.83. The lowest BCUT2D eigenvalue weighted by atomic mass is 10.0. The molecule has 0 unspecified atom stereocenters. The first-order valence-electron chi connectivity index (χ1n) is 5.85. The highest BCUT2D eigenvalue weighted by molar-refractivity contribution is 7.87. The number of nitrogens with one attached hydrogen (secondary N) is 1. The van der Waals surface area contributed by atoms with Crippen molar-refractivity contribution in [1.82, 2.24) is 9.03 Å². The zero-order valence-electron chi connectivity index (χ0n) is 10.1. The van der Waals surface area contributed by atoms with E-state index in [9.17, 15) is 8.42 Å². The van der Waals surface area contributed by atoms with Crippen LogP contribution in [0, 0.1) is 5.41 Å². The van der Waals surface area contributed by atoms with Crippen molar-refractivity contribution < 1.29 is 13.5 Å². The summed E-state index contributed by atoms with van der Waals surface area (Å²) in [6, 6.07) is 0. The summed E-state index contributed by atoms with van der Waals surface area (Å²) >= 11 is 0. The molecular weight excluding hydrogens is 228 g/mol. The fourth-order valence-corrected chi connectivity index (χ4v) is 3.18. The van der Waals surface area contributed by atoms with Crippen molar-refractivity contribution >= 4 is 10.2 Å². The molecule has 0 amide bonds. The van der Waals surface area contributed by atoms with Gasteiger partial charge in [-0.25, -0.2) is 4.72 Å². The van der Waals surface area contributed by atoms with Crippen LogP contribution in [0.15, 0.2) is 0 Å². The number of aliphatic hydroxyl groups is 1. The third-order valence-corrected chi connectivity index (χ3v) is 4.98. The van der Waals surface area contributed by atoms with Gasteiger partial charge in [-0.05, 0) is 24.7 Å². The molecule has 6 heteroatoms. The summed E-state index contributed by atoms with van der Waals surface area (Å²) in [5.41, 5.74) is 0.0228. The largest absolute Gasteiger partial charge is 0.396 e. The minimum atomic E-state index is -3.33. The number of rotatable bonds is 8. The van der Waals surface area contributed by atoms with Crippen LogP contribution in [-0.4, -0.2) is 44.1 Å². The highest BCUT2D eigenvalue weighted by Gasteiger charge is 2.42. The molecule has 0 atom stereocenters. The van der Waals surface area contributed by atoms with E-state index in [1.54, 1.807) is 0 Å². The van der Waals surface area contributed by atoms with E-state index in [1.807, 2.05) is 13.8 Å².